The van der Waals surface area contributed by atoms with Crippen molar-refractivity contribution >= 4 is 35.6 Å². The Hall–Kier alpha value is -2.32. The smallest absolute Gasteiger partial charge is 0.443 e. The highest BCUT2D eigenvalue weighted by Gasteiger charge is 2.29. The minimum Gasteiger partial charge on any atom is -0.443 e. The lowest BCUT2D eigenvalue weighted by molar-refractivity contribution is 0.0547. The number of rotatable bonds is 3. The molecule has 0 radical (unpaired) electrons. The third-order valence-electron chi connectivity index (χ3n) is 4.04. The number of nitrogens with zero attached hydrogens (tertiary/aromatic N) is 2. The summed E-state index contributed by atoms with van der Waals surface area (Å²) in [6.07, 6.45) is -0.739. The van der Waals surface area contributed by atoms with Crippen LogP contribution in [0.5, 0.6) is 0 Å². The number of hydrogen-bond acceptors (Lipinski definition) is 5. The van der Waals surface area contributed by atoms with Crippen molar-refractivity contribution < 1.29 is 24.4 Å². The maximum atomic E-state index is 12.8. The number of carbonyl (C=O) groups excluding carboxylic acids is 2. The van der Waals surface area contributed by atoms with Gasteiger partial charge in [0.2, 0.25) is 0 Å². The van der Waals surface area contributed by atoms with Gasteiger partial charge < -0.3 is 19.7 Å². The lowest BCUT2D eigenvalue weighted by atomic mass is 9.86. The largest absolute Gasteiger partial charge is 0.506 e. The van der Waals surface area contributed by atoms with Gasteiger partial charge in [-0.1, -0.05) is 6.07 Å². The topological polar surface area (TPSA) is 92.0 Å². The summed E-state index contributed by atoms with van der Waals surface area (Å²) in [5.74, 6) is -0.217. The summed E-state index contributed by atoms with van der Waals surface area (Å²) >= 11 is 0. The molecular formula is C18H25BN2O5. The van der Waals surface area contributed by atoms with Crippen LogP contribution in [0.4, 0.5) is 4.79 Å². The fraction of sp³-hybridized carbons (Fsp3) is 0.444. The average Bonchev–Trinajstić information content (AvgIpc) is 2.91. The predicted octanol–water partition coefficient (Wildman–Crippen LogP) is 1.58. The summed E-state index contributed by atoms with van der Waals surface area (Å²) in [7, 11) is -0.195. The highest BCUT2D eigenvalue weighted by atomic mass is 16.6. The van der Waals surface area contributed by atoms with E-state index in [1.165, 1.54) is 6.07 Å². The van der Waals surface area contributed by atoms with E-state index in [1.807, 2.05) is 13.8 Å². The van der Waals surface area contributed by atoms with Crippen molar-refractivity contribution in [3.05, 3.63) is 29.8 Å². The van der Waals surface area contributed by atoms with Crippen molar-refractivity contribution in [1.29, 1.82) is 0 Å². The Morgan fingerprint density at radius 2 is 1.85 bits per heavy atom. The lowest BCUT2D eigenvalue weighted by Gasteiger charge is -2.22. The second-order valence-electron chi connectivity index (χ2n) is 7.51. The van der Waals surface area contributed by atoms with Crippen LogP contribution in [0.1, 0.15) is 45.0 Å². The van der Waals surface area contributed by atoms with Gasteiger partial charge >= 0.3 is 13.2 Å². The van der Waals surface area contributed by atoms with Crippen LogP contribution in [0.3, 0.4) is 0 Å². The molecular weight excluding hydrogens is 335 g/mol. The Balaban J connectivity index is 2.67. The van der Waals surface area contributed by atoms with E-state index in [2.05, 4.69) is 0 Å². The summed E-state index contributed by atoms with van der Waals surface area (Å²) in [6, 6.07) is 6.37. The van der Waals surface area contributed by atoms with Crippen molar-refractivity contribution in [3.63, 3.8) is 0 Å². The number of aromatic nitrogens is 1. The summed E-state index contributed by atoms with van der Waals surface area (Å²) in [5, 5.41) is 19.9. The van der Waals surface area contributed by atoms with E-state index >= 15 is 0 Å². The van der Waals surface area contributed by atoms with Crippen LogP contribution in [0.2, 0.25) is 0 Å². The highest BCUT2D eigenvalue weighted by Crippen LogP contribution is 2.22. The Bertz CT molecular complexity index is 836. The van der Waals surface area contributed by atoms with Gasteiger partial charge in [-0.15, -0.1) is 0 Å². The number of benzene rings is 1. The van der Waals surface area contributed by atoms with Crippen molar-refractivity contribution in [2.75, 3.05) is 7.05 Å². The standard InChI is InChI=1S/C18H25BN2O5/c1-11(2)20(6)16(22)12-8-7-9-14-13(12)10-15(19(24)25)21(14)17(23)26-18(3,4)5/h7-11,24-25H,1-6H3. The fourth-order valence-electron chi connectivity index (χ4n) is 2.56. The Labute approximate surface area is 153 Å². The third-order valence-corrected chi connectivity index (χ3v) is 4.04. The van der Waals surface area contributed by atoms with Crippen molar-refractivity contribution in [2.45, 2.75) is 46.3 Å². The first-order valence-electron chi connectivity index (χ1n) is 8.45. The zero-order chi connectivity index (χ0) is 19.8. The molecule has 7 nitrogen and oxygen atoms in total. The van der Waals surface area contributed by atoms with Gasteiger partial charge in [-0.3, -0.25) is 9.36 Å². The van der Waals surface area contributed by atoms with Crippen LogP contribution in [0, 0.1) is 0 Å². The number of carbonyl (C=O) groups is 2. The fourth-order valence-corrected chi connectivity index (χ4v) is 2.56. The molecule has 0 saturated heterocycles. The second kappa shape index (κ2) is 7.13. The summed E-state index contributed by atoms with van der Waals surface area (Å²) in [5.41, 5.74) is -0.0497. The molecule has 0 aliphatic rings. The van der Waals surface area contributed by atoms with E-state index in [1.54, 1.807) is 50.9 Å². The monoisotopic (exact) mass is 360 g/mol. The van der Waals surface area contributed by atoms with E-state index in [4.69, 9.17) is 4.74 Å². The SMILES string of the molecule is CC(C)N(C)C(=O)c1cccc2c1cc(B(O)O)n2C(=O)OC(C)(C)C. The summed E-state index contributed by atoms with van der Waals surface area (Å²) in [6.45, 7) is 8.95. The molecule has 1 heterocycles. The van der Waals surface area contributed by atoms with E-state index in [9.17, 15) is 19.6 Å². The third kappa shape index (κ3) is 3.91. The molecule has 0 aliphatic carbocycles. The first-order chi connectivity index (χ1) is 11.9. The van der Waals surface area contributed by atoms with Crippen LogP contribution < -0.4 is 5.59 Å². The van der Waals surface area contributed by atoms with E-state index in [0.717, 1.165) is 4.57 Å². The Kier molecular flexibility index (Phi) is 5.48. The first kappa shape index (κ1) is 20.0. The van der Waals surface area contributed by atoms with Crippen molar-refractivity contribution in [3.8, 4) is 0 Å². The molecule has 0 fully saturated rings. The zero-order valence-electron chi connectivity index (χ0n) is 16.0. The highest BCUT2D eigenvalue weighted by molar-refractivity contribution is 6.59. The van der Waals surface area contributed by atoms with Crippen molar-refractivity contribution in [2.24, 2.45) is 0 Å². The molecule has 2 aromatic rings. The normalized spacial score (nSPS) is 11.7. The van der Waals surface area contributed by atoms with E-state index in [0.29, 0.717) is 16.5 Å². The molecule has 1 amide bonds. The molecule has 26 heavy (non-hydrogen) atoms. The maximum Gasteiger partial charge on any atom is 0.506 e. The van der Waals surface area contributed by atoms with Crippen LogP contribution in [-0.4, -0.2) is 57.3 Å². The van der Waals surface area contributed by atoms with Gasteiger partial charge in [0, 0.05) is 24.0 Å². The quantitative estimate of drug-likeness (QED) is 0.811. The molecule has 0 atom stereocenters. The molecule has 1 aromatic carbocycles. The van der Waals surface area contributed by atoms with Gasteiger partial charge in [-0.2, -0.15) is 0 Å². The van der Waals surface area contributed by atoms with Gasteiger partial charge in [0.05, 0.1) is 11.1 Å². The number of amides is 1. The van der Waals surface area contributed by atoms with Crippen LogP contribution >= 0.6 is 0 Å². The van der Waals surface area contributed by atoms with E-state index in [-0.39, 0.29) is 17.5 Å². The number of fused-ring (bicyclic) bond motifs is 1. The maximum absolute atomic E-state index is 12.8. The van der Waals surface area contributed by atoms with Gasteiger partial charge in [0.1, 0.15) is 5.60 Å². The molecule has 0 unspecified atom stereocenters. The predicted molar refractivity (Wildman–Crippen MR) is 101 cm³/mol. The van der Waals surface area contributed by atoms with Gasteiger partial charge in [0.25, 0.3) is 5.91 Å². The molecule has 0 saturated carbocycles. The molecule has 0 bridgehead atoms. The van der Waals surface area contributed by atoms with Gasteiger partial charge in [-0.25, -0.2) is 4.79 Å². The molecule has 2 N–H and O–H groups in total. The molecule has 0 aliphatic heterocycles. The van der Waals surface area contributed by atoms with Crippen LogP contribution in [0.15, 0.2) is 24.3 Å². The number of ether oxygens (including phenoxy) is 1. The molecule has 2 rings (SSSR count). The Morgan fingerprint density at radius 3 is 2.35 bits per heavy atom. The molecule has 140 valence electrons. The Morgan fingerprint density at radius 1 is 1.23 bits per heavy atom. The molecule has 1 aromatic heterocycles. The van der Waals surface area contributed by atoms with Crippen molar-refractivity contribution in [1.82, 2.24) is 9.47 Å². The minimum atomic E-state index is -1.89. The van der Waals surface area contributed by atoms with Gasteiger partial charge in [0.15, 0.2) is 0 Å². The first-order valence-corrected chi connectivity index (χ1v) is 8.45. The molecule has 8 heteroatoms. The lowest BCUT2D eigenvalue weighted by Crippen LogP contribution is -2.40. The summed E-state index contributed by atoms with van der Waals surface area (Å²) < 4.78 is 6.47. The molecule has 0 spiro atoms. The second-order valence-corrected chi connectivity index (χ2v) is 7.51. The summed E-state index contributed by atoms with van der Waals surface area (Å²) in [4.78, 5) is 26.9. The van der Waals surface area contributed by atoms with Crippen LogP contribution in [0.25, 0.3) is 10.9 Å². The van der Waals surface area contributed by atoms with Crippen LogP contribution in [-0.2, 0) is 4.74 Å². The zero-order valence-corrected chi connectivity index (χ0v) is 16.0. The van der Waals surface area contributed by atoms with E-state index < -0.39 is 18.8 Å². The minimum absolute atomic E-state index is 0.00593. The van der Waals surface area contributed by atoms with Gasteiger partial charge in [-0.05, 0) is 52.8 Å². The average molecular weight is 360 g/mol. The number of hydrogen-bond donors (Lipinski definition) is 2.